The summed E-state index contributed by atoms with van der Waals surface area (Å²) in [6, 6.07) is 13.1. The van der Waals surface area contributed by atoms with Gasteiger partial charge in [0.1, 0.15) is 23.7 Å². The Balaban J connectivity index is 0.00000136. The Bertz CT molecular complexity index is 1010. The van der Waals surface area contributed by atoms with Crippen molar-refractivity contribution in [1.29, 1.82) is 5.26 Å². The average molecular weight is 379 g/mol. The van der Waals surface area contributed by atoms with E-state index in [1.54, 1.807) is 18.2 Å². The van der Waals surface area contributed by atoms with Crippen LogP contribution >= 0.6 is 0 Å². The van der Waals surface area contributed by atoms with Crippen LogP contribution in [0.1, 0.15) is 41.9 Å². The molecule has 0 bridgehead atoms. The van der Waals surface area contributed by atoms with Crippen LogP contribution in [-0.4, -0.2) is 13.1 Å². The van der Waals surface area contributed by atoms with E-state index >= 15 is 0 Å². The normalized spacial score (nSPS) is 10.0. The summed E-state index contributed by atoms with van der Waals surface area (Å²) in [6.07, 6.45) is 0.0938. The van der Waals surface area contributed by atoms with Gasteiger partial charge in [0.2, 0.25) is 0 Å². The molecule has 2 aromatic carbocycles. The fourth-order valence-electron chi connectivity index (χ4n) is 2.91. The SMILES string of the molecule is CC.COC(=O)Cc1ccc(C#N)cc1OCc1cc(C)c2oc(C)cc2c1. The van der Waals surface area contributed by atoms with Gasteiger partial charge in [-0.05, 0) is 55.3 Å². The number of carbonyl (C=O) groups is 1. The smallest absolute Gasteiger partial charge is 0.310 e. The Kier molecular flexibility index (Phi) is 7.22. The Morgan fingerprint density at radius 1 is 1.14 bits per heavy atom. The van der Waals surface area contributed by atoms with Gasteiger partial charge in [-0.3, -0.25) is 4.79 Å². The topological polar surface area (TPSA) is 72.5 Å². The summed E-state index contributed by atoms with van der Waals surface area (Å²) in [4.78, 5) is 11.6. The Morgan fingerprint density at radius 2 is 1.89 bits per heavy atom. The molecule has 1 heterocycles. The van der Waals surface area contributed by atoms with Crippen LogP contribution in [0.15, 0.2) is 40.8 Å². The lowest BCUT2D eigenvalue weighted by Gasteiger charge is -2.12. The van der Waals surface area contributed by atoms with Crippen LogP contribution in [0.2, 0.25) is 0 Å². The predicted molar refractivity (Wildman–Crippen MR) is 108 cm³/mol. The third kappa shape index (κ3) is 4.92. The fraction of sp³-hybridized carbons (Fsp3) is 0.304. The molecule has 0 aliphatic heterocycles. The molecule has 146 valence electrons. The van der Waals surface area contributed by atoms with E-state index < -0.39 is 0 Å². The molecule has 5 heteroatoms. The lowest BCUT2D eigenvalue weighted by molar-refractivity contribution is -0.139. The Hall–Kier alpha value is -3.26. The average Bonchev–Trinajstić information content (AvgIpc) is 3.09. The molecule has 0 aliphatic carbocycles. The highest BCUT2D eigenvalue weighted by atomic mass is 16.5. The molecule has 28 heavy (non-hydrogen) atoms. The second kappa shape index (κ2) is 9.61. The van der Waals surface area contributed by atoms with Crippen LogP contribution in [0.3, 0.4) is 0 Å². The number of furan rings is 1. The van der Waals surface area contributed by atoms with E-state index in [2.05, 4.69) is 6.07 Å². The van der Waals surface area contributed by atoms with Gasteiger partial charge >= 0.3 is 5.97 Å². The number of ether oxygens (including phenoxy) is 2. The van der Waals surface area contributed by atoms with Gasteiger partial charge in [-0.25, -0.2) is 0 Å². The first-order chi connectivity index (χ1) is 13.5. The molecule has 0 atom stereocenters. The maximum absolute atomic E-state index is 11.6. The van der Waals surface area contributed by atoms with E-state index in [1.165, 1.54) is 7.11 Å². The molecule has 0 saturated carbocycles. The molecule has 3 rings (SSSR count). The van der Waals surface area contributed by atoms with E-state index in [0.29, 0.717) is 23.5 Å². The van der Waals surface area contributed by atoms with Crippen molar-refractivity contribution in [1.82, 2.24) is 0 Å². The number of aryl methyl sites for hydroxylation is 2. The van der Waals surface area contributed by atoms with Crippen LogP contribution in [0.25, 0.3) is 11.0 Å². The molecule has 0 fully saturated rings. The summed E-state index contributed by atoms with van der Waals surface area (Å²) in [5.74, 6) is 1.02. The van der Waals surface area contributed by atoms with Gasteiger partial charge in [0, 0.05) is 10.9 Å². The number of nitrogens with zero attached hydrogens (tertiary/aromatic N) is 1. The monoisotopic (exact) mass is 379 g/mol. The zero-order valence-electron chi connectivity index (χ0n) is 17.0. The lowest BCUT2D eigenvalue weighted by Crippen LogP contribution is -2.07. The number of hydrogen-bond acceptors (Lipinski definition) is 5. The maximum atomic E-state index is 11.6. The number of nitriles is 1. The van der Waals surface area contributed by atoms with Crippen molar-refractivity contribution < 1.29 is 18.7 Å². The first-order valence-corrected chi connectivity index (χ1v) is 9.22. The highest BCUT2D eigenvalue weighted by Crippen LogP contribution is 2.26. The summed E-state index contributed by atoms with van der Waals surface area (Å²) in [5, 5.41) is 10.1. The summed E-state index contributed by atoms with van der Waals surface area (Å²) in [6.45, 7) is 8.24. The molecular formula is C23H25NO4. The van der Waals surface area contributed by atoms with Crippen LogP contribution in [0, 0.1) is 25.2 Å². The number of rotatable bonds is 5. The van der Waals surface area contributed by atoms with Crippen molar-refractivity contribution in [2.24, 2.45) is 0 Å². The number of carbonyl (C=O) groups excluding carboxylic acids is 1. The summed E-state index contributed by atoms with van der Waals surface area (Å²) >= 11 is 0. The zero-order valence-corrected chi connectivity index (χ0v) is 17.0. The van der Waals surface area contributed by atoms with E-state index in [4.69, 9.17) is 19.2 Å². The molecule has 0 saturated heterocycles. The molecule has 3 aromatic rings. The van der Waals surface area contributed by atoms with Crippen LogP contribution in [0.5, 0.6) is 5.75 Å². The van der Waals surface area contributed by atoms with Gasteiger partial charge in [0.15, 0.2) is 0 Å². The molecule has 0 radical (unpaired) electrons. The van der Waals surface area contributed by atoms with Gasteiger partial charge < -0.3 is 13.9 Å². The summed E-state index contributed by atoms with van der Waals surface area (Å²) < 4.78 is 16.4. The number of fused-ring (bicyclic) bond motifs is 1. The highest BCUT2D eigenvalue weighted by molar-refractivity contribution is 5.81. The Morgan fingerprint density at radius 3 is 2.57 bits per heavy atom. The van der Waals surface area contributed by atoms with Gasteiger partial charge in [-0.2, -0.15) is 5.26 Å². The third-order valence-electron chi connectivity index (χ3n) is 4.14. The number of benzene rings is 2. The fourth-order valence-corrected chi connectivity index (χ4v) is 2.91. The Labute approximate surface area is 165 Å². The maximum Gasteiger partial charge on any atom is 0.310 e. The quantitative estimate of drug-likeness (QED) is 0.567. The van der Waals surface area contributed by atoms with Crippen molar-refractivity contribution in [3.63, 3.8) is 0 Å². The van der Waals surface area contributed by atoms with Crippen molar-refractivity contribution in [3.05, 3.63) is 64.4 Å². The van der Waals surface area contributed by atoms with Crippen molar-refractivity contribution in [2.45, 2.75) is 40.7 Å². The molecule has 5 nitrogen and oxygen atoms in total. The zero-order chi connectivity index (χ0) is 20.7. The molecule has 1 aromatic heterocycles. The lowest BCUT2D eigenvalue weighted by atomic mass is 10.1. The molecule has 0 N–H and O–H groups in total. The predicted octanol–water partition coefficient (Wildman–Crippen LogP) is 5.24. The first-order valence-electron chi connectivity index (χ1n) is 9.22. The molecule has 0 amide bonds. The van der Waals surface area contributed by atoms with E-state index in [0.717, 1.165) is 27.9 Å². The van der Waals surface area contributed by atoms with Crippen LogP contribution in [-0.2, 0) is 22.6 Å². The summed E-state index contributed by atoms with van der Waals surface area (Å²) in [7, 11) is 1.34. The van der Waals surface area contributed by atoms with E-state index in [9.17, 15) is 4.79 Å². The van der Waals surface area contributed by atoms with E-state index in [1.807, 2.05) is 45.9 Å². The third-order valence-corrected chi connectivity index (χ3v) is 4.14. The second-order valence-corrected chi connectivity index (χ2v) is 6.16. The van der Waals surface area contributed by atoms with Gasteiger partial charge in [-0.1, -0.05) is 19.9 Å². The number of hydrogen-bond donors (Lipinski definition) is 0. The molecule has 0 unspecified atom stereocenters. The first kappa shape index (κ1) is 21.0. The van der Waals surface area contributed by atoms with Crippen LogP contribution < -0.4 is 4.74 Å². The minimum absolute atomic E-state index is 0.0938. The number of esters is 1. The minimum Gasteiger partial charge on any atom is -0.489 e. The number of methoxy groups -OCH3 is 1. The van der Waals surface area contributed by atoms with E-state index in [-0.39, 0.29) is 12.4 Å². The van der Waals surface area contributed by atoms with Crippen molar-refractivity contribution >= 4 is 16.9 Å². The second-order valence-electron chi connectivity index (χ2n) is 6.16. The van der Waals surface area contributed by atoms with Gasteiger partial charge in [0.25, 0.3) is 0 Å². The molecular weight excluding hydrogens is 354 g/mol. The molecule has 0 aliphatic rings. The molecule has 0 spiro atoms. The van der Waals surface area contributed by atoms with Crippen molar-refractivity contribution in [3.8, 4) is 11.8 Å². The van der Waals surface area contributed by atoms with Gasteiger partial charge in [0.05, 0.1) is 25.2 Å². The minimum atomic E-state index is -0.356. The van der Waals surface area contributed by atoms with Gasteiger partial charge in [-0.15, -0.1) is 0 Å². The summed E-state index contributed by atoms with van der Waals surface area (Å²) in [5.41, 5.74) is 4.07. The standard InChI is InChI=1S/C21H19NO4.C2H6/c1-13-6-16(8-18-7-14(2)26-21(13)18)12-25-19-9-15(11-22)4-5-17(19)10-20(23)24-3;1-2/h4-9H,10,12H2,1-3H3;1-2H3. The van der Waals surface area contributed by atoms with Crippen LogP contribution in [0.4, 0.5) is 0 Å². The van der Waals surface area contributed by atoms with Crippen molar-refractivity contribution in [2.75, 3.05) is 7.11 Å². The highest BCUT2D eigenvalue weighted by Gasteiger charge is 2.12. The largest absolute Gasteiger partial charge is 0.489 e.